The molecule has 0 N–H and O–H groups in total. The highest BCUT2D eigenvalue weighted by Crippen LogP contribution is 2.53. The predicted molar refractivity (Wildman–Crippen MR) is 105 cm³/mol. The van der Waals surface area contributed by atoms with E-state index in [-0.39, 0.29) is 0 Å². The summed E-state index contributed by atoms with van der Waals surface area (Å²) in [5.74, 6) is 3.12. The SMILES string of the molecule is CCOc1cc2c3c(c1OC)-c1cc(OC)c(OC)cc1C[C@@H]3N(C)CC2. The van der Waals surface area contributed by atoms with E-state index in [1.54, 1.807) is 21.3 Å². The summed E-state index contributed by atoms with van der Waals surface area (Å²) in [7, 11) is 7.27. The molecule has 0 saturated heterocycles. The summed E-state index contributed by atoms with van der Waals surface area (Å²) in [6.45, 7) is 3.65. The van der Waals surface area contributed by atoms with Crippen LogP contribution >= 0.6 is 0 Å². The molecule has 1 aliphatic carbocycles. The fourth-order valence-electron chi connectivity index (χ4n) is 4.49. The number of hydrogen-bond donors (Lipinski definition) is 0. The van der Waals surface area contributed by atoms with Crippen LogP contribution in [-0.4, -0.2) is 46.4 Å². The van der Waals surface area contributed by atoms with Gasteiger partial charge in [0, 0.05) is 18.2 Å². The van der Waals surface area contributed by atoms with E-state index in [0.29, 0.717) is 12.6 Å². The Hall–Kier alpha value is -2.40. The number of ether oxygens (including phenoxy) is 4. The monoisotopic (exact) mass is 369 g/mol. The van der Waals surface area contributed by atoms with Crippen LogP contribution in [0.25, 0.3) is 11.1 Å². The zero-order valence-corrected chi connectivity index (χ0v) is 16.7. The Morgan fingerprint density at radius 1 is 0.963 bits per heavy atom. The molecule has 0 unspecified atom stereocenters. The van der Waals surface area contributed by atoms with Gasteiger partial charge in [-0.1, -0.05) is 0 Å². The van der Waals surface area contributed by atoms with Gasteiger partial charge in [-0.05, 0) is 67.3 Å². The van der Waals surface area contributed by atoms with Crippen LogP contribution in [0, 0.1) is 0 Å². The van der Waals surface area contributed by atoms with E-state index >= 15 is 0 Å². The van der Waals surface area contributed by atoms with Crippen LogP contribution < -0.4 is 18.9 Å². The molecule has 5 nitrogen and oxygen atoms in total. The van der Waals surface area contributed by atoms with Crippen LogP contribution in [0.5, 0.6) is 23.0 Å². The molecule has 2 aromatic rings. The highest BCUT2D eigenvalue weighted by atomic mass is 16.5. The molecule has 4 rings (SSSR count). The summed E-state index contributed by atoms with van der Waals surface area (Å²) in [5.41, 5.74) is 6.25. The molecule has 0 saturated carbocycles. The molecule has 1 atom stereocenters. The summed E-state index contributed by atoms with van der Waals surface area (Å²) in [4.78, 5) is 2.44. The van der Waals surface area contributed by atoms with Crippen molar-refractivity contribution in [2.24, 2.45) is 0 Å². The van der Waals surface area contributed by atoms with Crippen molar-refractivity contribution in [1.82, 2.24) is 4.90 Å². The maximum atomic E-state index is 5.94. The van der Waals surface area contributed by atoms with Gasteiger partial charge >= 0.3 is 0 Å². The second kappa shape index (κ2) is 6.97. The van der Waals surface area contributed by atoms with Crippen molar-refractivity contribution in [3.8, 4) is 34.1 Å². The second-order valence-electron chi connectivity index (χ2n) is 7.10. The molecule has 144 valence electrons. The summed E-state index contributed by atoms with van der Waals surface area (Å²) in [6.07, 6.45) is 1.96. The molecule has 2 aromatic carbocycles. The Morgan fingerprint density at radius 2 is 1.67 bits per heavy atom. The van der Waals surface area contributed by atoms with Gasteiger partial charge in [0.05, 0.1) is 27.9 Å². The summed E-state index contributed by atoms with van der Waals surface area (Å²) >= 11 is 0. The zero-order chi connectivity index (χ0) is 19.1. The molecular weight excluding hydrogens is 342 g/mol. The van der Waals surface area contributed by atoms with Crippen molar-refractivity contribution in [1.29, 1.82) is 0 Å². The molecular formula is C22H27NO4. The number of nitrogens with zero attached hydrogens (tertiary/aromatic N) is 1. The first-order chi connectivity index (χ1) is 13.1. The Labute approximate surface area is 160 Å². The van der Waals surface area contributed by atoms with Gasteiger partial charge in [-0.2, -0.15) is 0 Å². The fourth-order valence-corrected chi connectivity index (χ4v) is 4.49. The minimum atomic E-state index is 0.332. The summed E-state index contributed by atoms with van der Waals surface area (Å²) in [6, 6.07) is 6.69. The normalized spacial score (nSPS) is 17.7. The lowest BCUT2D eigenvalue weighted by atomic mass is 9.76. The maximum absolute atomic E-state index is 5.94. The molecule has 2 aliphatic rings. The van der Waals surface area contributed by atoms with Crippen LogP contribution in [0.4, 0.5) is 0 Å². The first-order valence-corrected chi connectivity index (χ1v) is 9.44. The quantitative estimate of drug-likeness (QED) is 0.800. The lowest BCUT2D eigenvalue weighted by Crippen LogP contribution is -2.35. The molecule has 0 fully saturated rings. The third-order valence-corrected chi connectivity index (χ3v) is 5.77. The topological polar surface area (TPSA) is 40.2 Å². The van der Waals surface area contributed by atoms with E-state index in [9.17, 15) is 0 Å². The van der Waals surface area contributed by atoms with Crippen molar-refractivity contribution in [2.45, 2.75) is 25.8 Å². The number of hydrogen-bond acceptors (Lipinski definition) is 5. The molecule has 0 bridgehead atoms. The van der Waals surface area contributed by atoms with E-state index in [2.05, 4.69) is 30.1 Å². The number of methoxy groups -OCH3 is 3. The highest BCUT2D eigenvalue weighted by molar-refractivity contribution is 5.85. The minimum Gasteiger partial charge on any atom is -0.493 e. The average molecular weight is 369 g/mol. The van der Waals surface area contributed by atoms with Gasteiger partial charge in [-0.3, -0.25) is 4.90 Å². The molecule has 5 heteroatoms. The van der Waals surface area contributed by atoms with Crippen LogP contribution in [0.2, 0.25) is 0 Å². The van der Waals surface area contributed by atoms with Gasteiger partial charge in [0.25, 0.3) is 0 Å². The number of benzene rings is 2. The largest absolute Gasteiger partial charge is 0.493 e. The molecule has 0 radical (unpaired) electrons. The molecule has 1 aliphatic heterocycles. The fraction of sp³-hybridized carbons (Fsp3) is 0.455. The van der Waals surface area contributed by atoms with Crippen molar-refractivity contribution in [2.75, 3.05) is 41.5 Å². The van der Waals surface area contributed by atoms with Crippen molar-refractivity contribution < 1.29 is 18.9 Å². The van der Waals surface area contributed by atoms with Gasteiger partial charge < -0.3 is 18.9 Å². The van der Waals surface area contributed by atoms with Gasteiger partial charge in [0.1, 0.15) is 0 Å². The average Bonchev–Trinajstić information content (AvgIpc) is 2.69. The van der Waals surface area contributed by atoms with E-state index in [4.69, 9.17) is 18.9 Å². The number of fused-ring (bicyclic) bond motifs is 2. The first-order valence-electron chi connectivity index (χ1n) is 9.44. The van der Waals surface area contributed by atoms with E-state index in [0.717, 1.165) is 53.5 Å². The molecule has 27 heavy (non-hydrogen) atoms. The van der Waals surface area contributed by atoms with Crippen LogP contribution in [-0.2, 0) is 12.8 Å². The lowest BCUT2D eigenvalue weighted by molar-refractivity contribution is 0.226. The Bertz CT molecular complexity index is 877. The molecule has 0 aromatic heterocycles. The summed E-state index contributed by atoms with van der Waals surface area (Å²) in [5, 5.41) is 0. The van der Waals surface area contributed by atoms with Crippen molar-refractivity contribution in [3.05, 3.63) is 34.9 Å². The van der Waals surface area contributed by atoms with Gasteiger partial charge in [-0.25, -0.2) is 0 Å². The zero-order valence-electron chi connectivity index (χ0n) is 16.7. The standard InChI is InChI=1S/C22H27NO4/c1-6-27-19-10-13-7-8-23(2)16-9-14-11-17(24-3)18(25-4)12-15(14)21(20(13)16)22(19)26-5/h10-12,16H,6-9H2,1-5H3/t16-/m0/s1. The maximum Gasteiger partial charge on any atom is 0.168 e. The van der Waals surface area contributed by atoms with E-state index in [1.807, 2.05) is 6.92 Å². The third kappa shape index (κ3) is 2.72. The van der Waals surface area contributed by atoms with E-state index in [1.165, 1.54) is 16.7 Å². The minimum absolute atomic E-state index is 0.332. The van der Waals surface area contributed by atoms with Crippen LogP contribution in [0.1, 0.15) is 29.7 Å². The Kier molecular flexibility index (Phi) is 4.64. The summed E-state index contributed by atoms with van der Waals surface area (Å²) < 4.78 is 22.9. The molecule has 1 heterocycles. The van der Waals surface area contributed by atoms with E-state index < -0.39 is 0 Å². The number of rotatable bonds is 5. The number of likely N-dealkylation sites (N-methyl/N-ethyl adjacent to an activating group) is 1. The Morgan fingerprint density at radius 3 is 2.33 bits per heavy atom. The third-order valence-electron chi connectivity index (χ3n) is 5.77. The van der Waals surface area contributed by atoms with Crippen LogP contribution in [0.3, 0.4) is 0 Å². The van der Waals surface area contributed by atoms with Crippen molar-refractivity contribution >= 4 is 0 Å². The lowest BCUT2D eigenvalue weighted by Gasteiger charge is -2.40. The van der Waals surface area contributed by atoms with Crippen molar-refractivity contribution in [3.63, 3.8) is 0 Å². The smallest absolute Gasteiger partial charge is 0.168 e. The predicted octanol–water partition coefficient (Wildman–Crippen LogP) is 3.86. The highest BCUT2D eigenvalue weighted by Gasteiger charge is 2.37. The molecule has 0 amide bonds. The first kappa shape index (κ1) is 18.0. The van der Waals surface area contributed by atoms with Crippen LogP contribution in [0.15, 0.2) is 18.2 Å². The van der Waals surface area contributed by atoms with Gasteiger partial charge in [0.15, 0.2) is 23.0 Å². The second-order valence-corrected chi connectivity index (χ2v) is 7.10. The molecule has 0 spiro atoms. The van der Waals surface area contributed by atoms with Gasteiger partial charge in [0.2, 0.25) is 0 Å². The Balaban J connectivity index is 2.04. The van der Waals surface area contributed by atoms with Gasteiger partial charge in [-0.15, -0.1) is 0 Å².